The molecule has 1 aliphatic rings. The molecule has 1 fully saturated rings. The molecule has 31 heavy (non-hydrogen) atoms. The van der Waals surface area contributed by atoms with Gasteiger partial charge in [0.25, 0.3) is 0 Å². The van der Waals surface area contributed by atoms with E-state index in [1.165, 1.54) is 6.07 Å². The van der Waals surface area contributed by atoms with Crippen LogP contribution in [0.2, 0.25) is 0 Å². The molecule has 2 aromatic rings. The Bertz CT molecular complexity index is 825. The number of carbonyl (C=O) groups is 1. The van der Waals surface area contributed by atoms with Gasteiger partial charge in [0, 0.05) is 18.1 Å². The molecular weight excluding hydrogens is 401 g/mol. The highest BCUT2D eigenvalue weighted by molar-refractivity contribution is 5.71. The number of H-pyrrole nitrogens is 1. The smallest absolute Gasteiger partial charge is 0.307 e. The monoisotopic (exact) mass is 433 g/mol. The molecule has 3 N–H and O–H groups in total. The standard InChI is InChI=1S/C22H32FN5O3/c1-14(2)9-19(22(29)30)18(21-25-27-28-26-21)10-16-3-4-17(20(23)11-16)13-31-12-15-5-7-24-8-6-15/h3-4,11,14-15,18-19,24H,5-10,12-13H2,1-2H3,(H,29,30)(H,25,26,27,28)/t18-,19-/m0/s1. The van der Waals surface area contributed by atoms with Crippen molar-refractivity contribution < 1.29 is 19.0 Å². The Labute approximate surface area is 182 Å². The number of halogens is 1. The fourth-order valence-corrected chi connectivity index (χ4v) is 4.16. The summed E-state index contributed by atoms with van der Waals surface area (Å²) in [5.41, 5.74) is 1.20. The predicted octanol–water partition coefficient (Wildman–Crippen LogP) is 2.93. The quantitative estimate of drug-likeness (QED) is 0.499. The van der Waals surface area contributed by atoms with Crippen LogP contribution in [-0.4, -0.2) is 51.4 Å². The lowest BCUT2D eigenvalue weighted by molar-refractivity contribution is -0.143. The van der Waals surface area contributed by atoms with Gasteiger partial charge in [0.15, 0.2) is 5.82 Å². The second-order valence-corrected chi connectivity index (χ2v) is 8.79. The van der Waals surface area contributed by atoms with Gasteiger partial charge < -0.3 is 15.2 Å². The number of hydrogen-bond donors (Lipinski definition) is 3. The molecule has 2 atom stereocenters. The summed E-state index contributed by atoms with van der Waals surface area (Å²) in [7, 11) is 0. The van der Waals surface area contributed by atoms with Crippen molar-refractivity contribution >= 4 is 5.97 Å². The molecule has 0 radical (unpaired) electrons. The number of benzene rings is 1. The van der Waals surface area contributed by atoms with E-state index in [0.717, 1.165) is 25.9 Å². The molecular formula is C22H32FN5O3. The molecule has 1 saturated heterocycles. The Morgan fingerprint density at radius 1 is 1.32 bits per heavy atom. The molecule has 0 amide bonds. The number of hydrogen-bond acceptors (Lipinski definition) is 6. The molecule has 2 heterocycles. The van der Waals surface area contributed by atoms with Gasteiger partial charge in [0.05, 0.1) is 12.5 Å². The van der Waals surface area contributed by atoms with Crippen LogP contribution in [0.3, 0.4) is 0 Å². The summed E-state index contributed by atoms with van der Waals surface area (Å²) in [6.45, 7) is 6.83. The summed E-state index contributed by atoms with van der Waals surface area (Å²) >= 11 is 0. The highest BCUT2D eigenvalue weighted by Gasteiger charge is 2.33. The van der Waals surface area contributed by atoms with Crippen LogP contribution < -0.4 is 5.32 Å². The first-order valence-electron chi connectivity index (χ1n) is 11.0. The van der Waals surface area contributed by atoms with Gasteiger partial charge in [0.1, 0.15) is 5.82 Å². The zero-order valence-electron chi connectivity index (χ0n) is 18.2. The molecule has 8 nitrogen and oxygen atoms in total. The van der Waals surface area contributed by atoms with Crippen LogP contribution >= 0.6 is 0 Å². The zero-order valence-corrected chi connectivity index (χ0v) is 18.2. The van der Waals surface area contributed by atoms with E-state index < -0.39 is 17.8 Å². The number of ether oxygens (including phenoxy) is 1. The first-order valence-corrected chi connectivity index (χ1v) is 11.0. The lowest BCUT2D eigenvalue weighted by Gasteiger charge is -2.23. The summed E-state index contributed by atoms with van der Waals surface area (Å²) in [4.78, 5) is 12.0. The maximum Gasteiger partial charge on any atom is 0.307 e. The fourth-order valence-electron chi connectivity index (χ4n) is 4.16. The van der Waals surface area contributed by atoms with Crippen molar-refractivity contribution in [3.05, 3.63) is 41.0 Å². The molecule has 0 spiro atoms. The third-order valence-corrected chi connectivity index (χ3v) is 5.86. The van der Waals surface area contributed by atoms with Gasteiger partial charge in [-0.1, -0.05) is 31.2 Å². The van der Waals surface area contributed by atoms with Crippen LogP contribution in [0.25, 0.3) is 0 Å². The van der Waals surface area contributed by atoms with E-state index in [1.807, 2.05) is 19.9 Å². The molecule has 9 heteroatoms. The van der Waals surface area contributed by atoms with Crippen LogP contribution in [0.15, 0.2) is 18.2 Å². The Hall–Kier alpha value is -2.39. The second kappa shape index (κ2) is 11.3. The first kappa shape index (κ1) is 23.3. The highest BCUT2D eigenvalue weighted by atomic mass is 19.1. The molecule has 1 aromatic carbocycles. The van der Waals surface area contributed by atoms with Gasteiger partial charge in [-0.05, 0) is 62.2 Å². The molecule has 0 saturated carbocycles. The SMILES string of the molecule is CC(C)C[C@H](C(=O)O)[C@H](Cc1ccc(COCC2CCNCC2)c(F)c1)c1nn[nH]n1. The molecule has 1 aliphatic heterocycles. The van der Waals surface area contributed by atoms with E-state index in [1.54, 1.807) is 6.07 Å². The van der Waals surface area contributed by atoms with Crippen LogP contribution in [0.4, 0.5) is 4.39 Å². The van der Waals surface area contributed by atoms with Gasteiger partial charge in [-0.2, -0.15) is 5.21 Å². The topological polar surface area (TPSA) is 113 Å². The molecule has 0 aliphatic carbocycles. The van der Waals surface area contributed by atoms with Gasteiger partial charge in [-0.25, -0.2) is 4.39 Å². The van der Waals surface area contributed by atoms with E-state index in [2.05, 4.69) is 25.9 Å². The number of piperidine rings is 1. The largest absolute Gasteiger partial charge is 0.481 e. The number of aromatic nitrogens is 4. The number of nitrogens with one attached hydrogen (secondary N) is 2. The second-order valence-electron chi connectivity index (χ2n) is 8.79. The summed E-state index contributed by atoms with van der Waals surface area (Å²) in [5.74, 6) is -1.39. The van der Waals surface area contributed by atoms with E-state index in [4.69, 9.17) is 4.74 Å². The maximum absolute atomic E-state index is 14.7. The highest BCUT2D eigenvalue weighted by Crippen LogP contribution is 2.31. The zero-order chi connectivity index (χ0) is 22.2. The minimum absolute atomic E-state index is 0.187. The third kappa shape index (κ3) is 6.80. The molecule has 170 valence electrons. The summed E-state index contributed by atoms with van der Waals surface area (Å²) in [6.07, 6.45) is 2.95. The number of aromatic amines is 1. The predicted molar refractivity (Wildman–Crippen MR) is 113 cm³/mol. The van der Waals surface area contributed by atoms with E-state index >= 15 is 0 Å². The van der Waals surface area contributed by atoms with Gasteiger partial charge in [-0.15, -0.1) is 10.2 Å². The minimum atomic E-state index is -0.910. The van der Waals surface area contributed by atoms with Crippen molar-refractivity contribution in [3.8, 4) is 0 Å². The third-order valence-electron chi connectivity index (χ3n) is 5.86. The van der Waals surface area contributed by atoms with E-state index in [-0.39, 0.29) is 18.3 Å². The van der Waals surface area contributed by atoms with Gasteiger partial charge in [-0.3, -0.25) is 4.79 Å². The van der Waals surface area contributed by atoms with Crippen LogP contribution in [0.5, 0.6) is 0 Å². The Balaban J connectivity index is 1.67. The number of nitrogens with zero attached hydrogens (tertiary/aromatic N) is 3. The Morgan fingerprint density at radius 2 is 2.10 bits per heavy atom. The summed E-state index contributed by atoms with van der Waals surface area (Å²) < 4.78 is 20.5. The Morgan fingerprint density at radius 3 is 2.71 bits per heavy atom. The van der Waals surface area contributed by atoms with Crippen molar-refractivity contribution in [1.82, 2.24) is 25.9 Å². The van der Waals surface area contributed by atoms with Crippen molar-refractivity contribution in [2.45, 2.75) is 52.1 Å². The number of aliphatic carboxylic acids is 1. The summed E-state index contributed by atoms with van der Waals surface area (Å²) in [6, 6.07) is 5.01. The number of carboxylic acids is 1. The lowest BCUT2D eigenvalue weighted by Crippen LogP contribution is -2.29. The fraction of sp³-hybridized carbons (Fsp3) is 0.636. The Kier molecular flexibility index (Phi) is 8.48. The van der Waals surface area contributed by atoms with Crippen molar-refractivity contribution in [1.29, 1.82) is 0 Å². The van der Waals surface area contributed by atoms with Crippen LogP contribution in [0.1, 0.15) is 56.0 Å². The molecule has 0 bridgehead atoms. The van der Waals surface area contributed by atoms with Gasteiger partial charge in [0.2, 0.25) is 0 Å². The number of carboxylic acid groups (broad SMARTS) is 1. The lowest BCUT2D eigenvalue weighted by atomic mass is 9.81. The average molecular weight is 434 g/mol. The van der Waals surface area contributed by atoms with Crippen LogP contribution in [0, 0.1) is 23.6 Å². The maximum atomic E-state index is 14.7. The molecule has 0 unspecified atom stereocenters. The minimum Gasteiger partial charge on any atom is -0.481 e. The van der Waals surface area contributed by atoms with Crippen molar-refractivity contribution in [2.24, 2.45) is 17.8 Å². The van der Waals surface area contributed by atoms with Crippen molar-refractivity contribution in [3.63, 3.8) is 0 Å². The van der Waals surface area contributed by atoms with Crippen LogP contribution in [-0.2, 0) is 22.6 Å². The summed E-state index contributed by atoms with van der Waals surface area (Å²) in [5, 5.41) is 27.1. The number of rotatable bonds is 11. The molecule has 1 aromatic heterocycles. The number of tetrazole rings is 1. The normalized spacial score (nSPS) is 17.0. The first-order chi connectivity index (χ1) is 14.9. The average Bonchev–Trinajstić information content (AvgIpc) is 3.27. The van der Waals surface area contributed by atoms with E-state index in [9.17, 15) is 14.3 Å². The molecule has 3 rings (SSSR count). The van der Waals surface area contributed by atoms with E-state index in [0.29, 0.717) is 42.3 Å². The van der Waals surface area contributed by atoms with Gasteiger partial charge >= 0.3 is 5.97 Å². The van der Waals surface area contributed by atoms with Crippen molar-refractivity contribution in [2.75, 3.05) is 19.7 Å².